The molecule has 1 atom stereocenters. The summed E-state index contributed by atoms with van der Waals surface area (Å²) in [7, 11) is 1.34. The number of nitrogens with zero attached hydrogens (tertiary/aromatic N) is 1. The lowest BCUT2D eigenvalue weighted by Gasteiger charge is -2.15. The molecule has 0 aromatic heterocycles. The summed E-state index contributed by atoms with van der Waals surface area (Å²) in [6.45, 7) is 0.132. The highest BCUT2D eigenvalue weighted by Gasteiger charge is 2.29. The molecule has 1 amide bonds. The Morgan fingerprint density at radius 2 is 1.52 bits per heavy atom. The Kier molecular flexibility index (Phi) is 8.97. The highest BCUT2D eigenvalue weighted by Crippen LogP contribution is 2.20. The quantitative estimate of drug-likeness (QED) is 0.220. The third kappa shape index (κ3) is 7.78. The molecule has 168 valence electrons. The molecule has 3 aromatic carbocycles. The van der Waals surface area contributed by atoms with E-state index in [0.29, 0.717) is 0 Å². The average molecular weight is 444 g/mol. The van der Waals surface area contributed by atoms with Gasteiger partial charge in [0.25, 0.3) is 0 Å². The molecule has 0 aliphatic heterocycles. The number of benzene rings is 3. The van der Waals surface area contributed by atoms with Crippen LogP contribution in [0.3, 0.4) is 0 Å². The van der Waals surface area contributed by atoms with Gasteiger partial charge in [-0.05, 0) is 17.2 Å². The van der Waals surface area contributed by atoms with Crippen LogP contribution in [0.2, 0.25) is 0 Å². The highest BCUT2D eigenvalue weighted by molar-refractivity contribution is 5.76. The van der Waals surface area contributed by atoms with E-state index in [1.807, 2.05) is 97.1 Å². The lowest BCUT2D eigenvalue weighted by atomic mass is 10.0. The lowest BCUT2D eigenvalue weighted by molar-refractivity contribution is -0.611. The van der Waals surface area contributed by atoms with Crippen LogP contribution in [0, 0.1) is 0 Å². The molecule has 0 bridgehead atoms. The summed E-state index contributed by atoms with van der Waals surface area (Å²) in [5, 5.41) is 0. The van der Waals surface area contributed by atoms with E-state index in [9.17, 15) is 9.59 Å². The third-order valence-electron chi connectivity index (χ3n) is 4.88. The maximum absolute atomic E-state index is 12.6. The van der Waals surface area contributed by atoms with Crippen LogP contribution in [0.4, 0.5) is 4.79 Å². The van der Waals surface area contributed by atoms with Gasteiger partial charge in [0.15, 0.2) is 6.21 Å². The molecule has 33 heavy (non-hydrogen) atoms. The van der Waals surface area contributed by atoms with E-state index in [1.54, 1.807) is 17.0 Å². The summed E-state index contributed by atoms with van der Waals surface area (Å²) in [6, 6.07) is 28.1. The van der Waals surface area contributed by atoms with Crippen LogP contribution in [0.1, 0.15) is 29.2 Å². The molecule has 0 fully saturated rings. The smallest absolute Gasteiger partial charge is 0.461 e. The van der Waals surface area contributed by atoms with Crippen molar-refractivity contribution in [2.75, 3.05) is 7.11 Å². The number of rotatable bonds is 9. The Balaban J connectivity index is 1.84. The molecule has 1 N–H and O–H groups in total. The topological polar surface area (TPSA) is 67.6 Å². The Labute approximate surface area is 193 Å². The van der Waals surface area contributed by atoms with Crippen molar-refractivity contribution < 1.29 is 23.7 Å². The normalized spacial score (nSPS) is 12.2. The molecule has 6 nitrogen and oxygen atoms in total. The summed E-state index contributed by atoms with van der Waals surface area (Å²) in [4.78, 5) is 24.8. The second kappa shape index (κ2) is 12.6. The number of esters is 1. The van der Waals surface area contributed by atoms with Gasteiger partial charge in [0.05, 0.1) is 7.11 Å². The van der Waals surface area contributed by atoms with Crippen molar-refractivity contribution in [1.82, 2.24) is 5.43 Å². The van der Waals surface area contributed by atoms with Gasteiger partial charge in [0.1, 0.15) is 13.0 Å². The number of carbonyl (C=O) groups excluding carboxylic acids is 2. The molecule has 0 heterocycles. The molecule has 0 spiro atoms. The zero-order chi connectivity index (χ0) is 23.3. The first kappa shape index (κ1) is 23.5. The van der Waals surface area contributed by atoms with Crippen LogP contribution >= 0.6 is 0 Å². The highest BCUT2D eigenvalue weighted by atomic mass is 16.6. The molecule has 0 aliphatic rings. The first-order valence-corrected chi connectivity index (χ1v) is 10.6. The molecule has 3 aromatic rings. The van der Waals surface area contributed by atoms with Crippen LogP contribution < -0.4 is 5.43 Å². The first-order valence-electron chi connectivity index (χ1n) is 10.6. The Hall–Kier alpha value is -4.19. The second-order valence-corrected chi connectivity index (χ2v) is 7.21. The molecule has 3 rings (SSSR count). The second-order valence-electron chi connectivity index (χ2n) is 7.21. The van der Waals surface area contributed by atoms with Gasteiger partial charge in [-0.25, -0.2) is 4.79 Å². The number of hydrazone groups is 1. The van der Waals surface area contributed by atoms with Crippen LogP contribution in [-0.2, 0) is 20.9 Å². The van der Waals surface area contributed by atoms with Crippen molar-refractivity contribution >= 4 is 24.4 Å². The monoisotopic (exact) mass is 443 g/mol. The zero-order valence-corrected chi connectivity index (χ0v) is 18.5. The Morgan fingerprint density at radius 3 is 2.15 bits per heavy atom. The van der Waals surface area contributed by atoms with Gasteiger partial charge in [-0.2, -0.15) is 0 Å². The van der Waals surface area contributed by atoms with Crippen molar-refractivity contribution in [3.8, 4) is 0 Å². The van der Waals surface area contributed by atoms with Crippen molar-refractivity contribution in [1.29, 1.82) is 0 Å². The molecule has 0 radical (unpaired) electrons. The number of hydrazine groups is 1. The van der Waals surface area contributed by atoms with E-state index >= 15 is 0 Å². The van der Waals surface area contributed by atoms with E-state index in [-0.39, 0.29) is 13.0 Å². The standard InChI is InChI=1S/C27H26N2O4/c1-32-26(30)20-25(24-17-9-4-10-18-24)29(19-11-16-22-12-5-2-6-13-22)28-27(31)33-21-23-14-7-3-8-15-23/h2-19,25H,20-21H2,1H3/p+1/b16-11+,29-19-/t25-/m1/s1. The minimum atomic E-state index is -0.631. The Bertz CT molecular complexity index is 1080. The van der Waals surface area contributed by atoms with Gasteiger partial charge in [0.2, 0.25) is 6.04 Å². The van der Waals surface area contributed by atoms with E-state index in [1.165, 1.54) is 7.11 Å². The van der Waals surface area contributed by atoms with Gasteiger partial charge >= 0.3 is 12.1 Å². The lowest BCUT2D eigenvalue weighted by Crippen LogP contribution is -2.39. The number of ether oxygens (including phenoxy) is 2. The fourth-order valence-electron chi connectivity index (χ4n) is 3.18. The Morgan fingerprint density at radius 1 is 0.909 bits per heavy atom. The van der Waals surface area contributed by atoms with Gasteiger partial charge in [0, 0.05) is 11.6 Å². The van der Waals surface area contributed by atoms with E-state index < -0.39 is 18.1 Å². The van der Waals surface area contributed by atoms with Gasteiger partial charge in [-0.15, -0.1) is 4.68 Å². The third-order valence-corrected chi connectivity index (χ3v) is 4.88. The van der Waals surface area contributed by atoms with Crippen LogP contribution in [0.25, 0.3) is 6.08 Å². The number of methoxy groups -OCH3 is 1. The molecular formula is C27H27N2O4+. The molecule has 0 saturated heterocycles. The average Bonchev–Trinajstić information content (AvgIpc) is 2.87. The molecule has 6 heteroatoms. The van der Waals surface area contributed by atoms with Crippen LogP contribution in [0.15, 0.2) is 97.1 Å². The number of nitrogens with one attached hydrogen (secondary N) is 1. The predicted molar refractivity (Wildman–Crippen MR) is 127 cm³/mol. The van der Waals surface area contributed by atoms with Gasteiger partial charge in [-0.3, -0.25) is 4.79 Å². The number of hydrogen-bond donors (Lipinski definition) is 1. The maximum atomic E-state index is 12.6. The number of allylic oxidation sites excluding steroid dienone is 1. The fourth-order valence-corrected chi connectivity index (χ4v) is 3.18. The largest absolute Gasteiger partial charge is 0.469 e. The van der Waals surface area contributed by atoms with Gasteiger partial charge in [-0.1, -0.05) is 96.4 Å². The predicted octanol–water partition coefficient (Wildman–Crippen LogP) is 4.93. The van der Waals surface area contributed by atoms with Crippen molar-refractivity contribution in [3.63, 3.8) is 0 Å². The van der Waals surface area contributed by atoms with E-state index in [0.717, 1.165) is 16.7 Å². The number of amides is 1. The first-order chi connectivity index (χ1) is 16.2. The van der Waals surface area contributed by atoms with Crippen LogP contribution in [0.5, 0.6) is 0 Å². The van der Waals surface area contributed by atoms with Gasteiger partial charge < -0.3 is 9.47 Å². The summed E-state index contributed by atoms with van der Waals surface area (Å²) >= 11 is 0. The minimum absolute atomic E-state index is 0.0369. The number of carbonyl (C=O) groups is 2. The summed E-state index contributed by atoms with van der Waals surface area (Å²) in [6.07, 6.45) is 4.82. The van der Waals surface area contributed by atoms with E-state index in [2.05, 4.69) is 5.43 Å². The molecule has 0 saturated carbocycles. The molecule has 0 aliphatic carbocycles. The summed E-state index contributed by atoms with van der Waals surface area (Å²) < 4.78 is 11.9. The number of hydrogen-bond acceptors (Lipinski definition) is 4. The summed E-state index contributed by atoms with van der Waals surface area (Å²) in [5.41, 5.74) is 5.48. The maximum Gasteiger partial charge on any atom is 0.461 e. The van der Waals surface area contributed by atoms with E-state index in [4.69, 9.17) is 9.47 Å². The van der Waals surface area contributed by atoms with Crippen LogP contribution in [-0.4, -0.2) is 30.1 Å². The van der Waals surface area contributed by atoms with Crippen molar-refractivity contribution in [2.24, 2.45) is 0 Å². The summed E-state index contributed by atoms with van der Waals surface area (Å²) in [5.74, 6) is -0.395. The van der Waals surface area contributed by atoms with Crippen molar-refractivity contribution in [3.05, 3.63) is 114 Å². The fraction of sp³-hybridized carbons (Fsp3) is 0.148. The zero-order valence-electron chi connectivity index (χ0n) is 18.5. The minimum Gasteiger partial charge on any atom is -0.469 e. The molecular weight excluding hydrogens is 416 g/mol. The SMILES string of the molecule is COC(=O)C[C@H](c1ccccc1)/[N+](=C/C=C/c1ccccc1)NC(=O)OCc1ccccc1. The van der Waals surface area contributed by atoms with Crippen molar-refractivity contribution in [2.45, 2.75) is 19.1 Å². The molecule has 0 unspecified atom stereocenters.